The van der Waals surface area contributed by atoms with Crippen LogP contribution in [0.1, 0.15) is 46.5 Å². The minimum absolute atomic E-state index is 0.206. The first kappa shape index (κ1) is 16.6. The molecule has 0 heterocycles. The molecule has 0 aliphatic heterocycles. The Hall–Kier alpha value is -0.420. The Morgan fingerprint density at radius 3 is 2.18 bits per heavy atom. The molecule has 0 aliphatic rings. The lowest BCUT2D eigenvalue weighted by atomic mass is 10.2. The van der Waals surface area contributed by atoms with Crippen LogP contribution in [0, 0.1) is 0 Å². The number of nitrogens with one attached hydrogen (secondary N) is 1. The van der Waals surface area contributed by atoms with Crippen molar-refractivity contribution in [2.24, 2.45) is 0 Å². The molecule has 102 valence electrons. The zero-order chi connectivity index (χ0) is 13.1. The normalized spacial score (nSPS) is 11.5. The van der Waals surface area contributed by atoms with Gasteiger partial charge >= 0.3 is 13.7 Å². The summed E-state index contributed by atoms with van der Waals surface area (Å²) in [5.41, 5.74) is 0. The van der Waals surface area contributed by atoms with E-state index in [0.29, 0.717) is 6.42 Å². The number of carbonyl (C=O) groups excluding carboxylic acids is 1. The Morgan fingerprint density at radius 2 is 1.71 bits per heavy atom. The molecule has 0 saturated heterocycles. The van der Waals surface area contributed by atoms with Crippen molar-refractivity contribution < 1.29 is 23.2 Å². The van der Waals surface area contributed by atoms with E-state index >= 15 is 0 Å². The summed E-state index contributed by atoms with van der Waals surface area (Å²) in [4.78, 5) is 15.9. The second kappa shape index (κ2) is 9.59. The largest absolute Gasteiger partial charge is 0.438 e. The van der Waals surface area contributed by atoms with Crippen LogP contribution in [0.4, 0.5) is 0 Å². The molecule has 0 spiro atoms. The van der Waals surface area contributed by atoms with Crippen LogP contribution in [-0.4, -0.2) is 19.2 Å². The van der Waals surface area contributed by atoms with Gasteiger partial charge in [0.05, 0.1) is 13.2 Å². The Bertz CT molecular complexity index is 249. The van der Waals surface area contributed by atoms with Crippen molar-refractivity contribution in [3.8, 4) is 0 Å². The number of unbranched alkanes of at least 4 members (excludes halogenated alkanes) is 2. The summed E-state index contributed by atoms with van der Waals surface area (Å²) in [5.74, 6) is -0.460. The molecule has 0 bridgehead atoms. The number of hydrogen-bond acceptors (Lipinski definition) is 5. The van der Waals surface area contributed by atoms with Crippen molar-refractivity contribution in [1.82, 2.24) is 5.25 Å². The third-order valence-electron chi connectivity index (χ3n) is 1.85. The van der Waals surface area contributed by atoms with Gasteiger partial charge in [0.15, 0.2) is 0 Å². The van der Waals surface area contributed by atoms with Crippen LogP contribution in [-0.2, 0) is 23.2 Å². The van der Waals surface area contributed by atoms with Crippen LogP contribution in [0.2, 0.25) is 0 Å². The van der Waals surface area contributed by atoms with Crippen LogP contribution >= 0.6 is 7.75 Å². The molecule has 7 heteroatoms. The van der Waals surface area contributed by atoms with Gasteiger partial charge in [-0.3, -0.25) is 13.8 Å². The summed E-state index contributed by atoms with van der Waals surface area (Å²) in [5, 5.41) is 2.09. The van der Waals surface area contributed by atoms with Gasteiger partial charge in [0, 0.05) is 6.42 Å². The maximum Gasteiger partial charge on any atom is 0.438 e. The summed E-state index contributed by atoms with van der Waals surface area (Å²) < 4.78 is 21.6. The van der Waals surface area contributed by atoms with Crippen LogP contribution in [0.3, 0.4) is 0 Å². The molecule has 0 fully saturated rings. The fraction of sp³-hybridized carbons (Fsp3) is 0.900. The van der Waals surface area contributed by atoms with Crippen LogP contribution in [0.5, 0.6) is 0 Å². The predicted octanol–water partition coefficient (Wildman–Crippen LogP) is 2.80. The number of rotatable bonds is 10. The molecule has 0 amide bonds. The summed E-state index contributed by atoms with van der Waals surface area (Å²) in [7, 11) is -3.51. The standard InChI is InChI=1S/C10H22NO5P/c1-4-7-8-9-10(12)16-11-17(13,14-5-2)15-6-3/h4-9H2,1-3H3,(H,11,13). The summed E-state index contributed by atoms with van der Waals surface area (Å²) in [6.45, 7) is 5.81. The second-order valence-electron chi connectivity index (χ2n) is 3.36. The maximum atomic E-state index is 11.8. The average molecular weight is 267 g/mol. The van der Waals surface area contributed by atoms with E-state index in [4.69, 9.17) is 9.05 Å². The maximum absolute atomic E-state index is 11.8. The van der Waals surface area contributed by atoms with Crippen molar-refractivity contribution >= 4 is 13.7 Å². The van der Waals surface area contributed by atoms with Gasteiger partial charge in [-0.25, -0.2) is 4.57 Å². The van der Waals surface area contributed by atoms with Gasteiger partial charge in [-0.2, -0.15) is 0 Å². The second-order valence-corrected chi connectivity index (χ2v) is 5.05. The van der Waals surface area contributed by atoms with E-state index in [-0.39, 0.29) is 13.2 Å². The summed E-state index contributed by atoms with van der Waals surface area (Å²) >= 11 is 0. The fourth-order valence-electron chi connectivity index (χ4n) is 1.11. The first-order valence-corrected chi connectivity index (χ1v) is 7.48. The van der Waals surface area contributed by atoms with E-state index in [1.54, 1.807) is 13.8 Å². The Labute approximate surface area is 103 Å². The molecule has 0 rings (SSSR count). The minimum Gasteiger partial charge on any atom is -0.360 e. The molecular weight excluding hydrogens is 245 g/mol. The highest BCUT2D eigenvalue weighted by molar-refractivity contribution is 7.51. The molecule has 0 unspecified atom stereocenters. The first-order chi connectivity index (χ1) is 8.08. The molecule has 0 saturated carbocycles. The number of carbonyl (C=O) groups is 1. The first-order valence-electron chi connectivity index (χ1n) is 5.94. The Kier molecular flexibility index (Phi) is 9.36. The third kappa shape index (κ3) is 8.32. The van der Waals surface area contributed by atoms with Gasteiger partial charge in [-0.1, -0.05) is 25.0 Å². The molecule has 0 radical (unpaired) electrons. The lowest BCUT2D eigenvalue weighted by molar-refractivity contribution is -0.148. The zero-order valence-electron chi connectivity index (χ0n) is 10.7. The molecular formula is C10H22NO5P. The van der Waals surface area contributed by atoms with Gasteiger partial charge in [-0.15, -0.1) is 0 Å². The van der Waals surface area contributed by atoms with Gasteiger partial charge in [0.1, 0.15) is 0 Å². The third-order valence-corrected chi connectivity index (χ3v) is 3.36. The lowest BCUT2D eigenvalue weighted by Crippen LogP contribution is -2.20. The highest BCUT2D eigenvalue weighted by Crippen LogP contribution is 2.43. The van der Waals surface area contributed by atoms with E-state index in [1.807, 2.05) is 6.92 Å². The lowest BCUT2D eigenvalue weighted by Gasteiger charge is -2.16. The average Bonchev–Trinajstić information content (AvgIpc) is 2.28. The molecule has 0 aromatic rings. The predicted molar refractivity (Wildman–Crippen MR) is 64.2 cm³/mol. The fourth-order valence-corrected chi connectivity index (χ4v) is 2.18. The van der Waals surface area contributed by atoms with Crippen molar-refractivity contribution in [1.29, 1.82) is 0 Å². The highest BCUT2D eigenvalue weighted by Gasteiger charge is 2.25. The van der Waals surface area contributed by atoms with E-state index in [1.165, 1.54) is 0 Å². The Morgan fingerprint density at radius 1 is 1.12 bits per heavy atom. The van der Waals surface area contributed by atoms with E-state index < -0.39 is 13.7 Å². The van der Waals surface area contributed by atoms with Gasteiger partial charge in [0.25, 0.3) is 0 Å². The van der Waals surface area contributed by atoms with E-state index in [9.17, 15) is 9.36 Å². The van der Waals surface area contributed by atoms with Gasteiger partial charge in [-0.05, 0) is 20.3 Å². The summed E-state index contributed by atoms with van der Waals surface area (Å²) in [6.07, 6.45) is 3.03. The monoisotopic (exact) mass is 267 g/mol. The molecule has 0 aliphatic carbocycles. The van der Waals surface area contributed by atoms with Gasteiger partial charge in [0.2, 0.25) is 0 Å². The quantitative estimate of drug-likeness (QED) is 0.372. The van der Waals surface area contributed by atoms with Crippen molar-refractivity contribution in [2.75, 3.05) is 13.2 Å². The van der Waals surface area contributed by atoms with Crippen LogP contribution in [0.15, 0.2) is 0 Å². The smallest absolute Gasteiger partial charge is 0.360 e. The van der Waals surface area contributed by atoms with Crippen LogP contribution in [0.25, 0.3) is 0 Å². The molecule has 0 atom stereocenters. The topological polar surface area (TPSA) is 73.9 Å². The zero-order valence-corrected chi connectivity index (χ0v) is 11.6. The minimum atomic E-state index is -3.51. The van der Waals surface area contributed by atoms with E-state index in [0.717, 1.165) is 19.3 Å². The SMILES string of the molecule is CCCCCC(=O)ONP(=O)(OCC)OCC. The Balaban J connectivity index is 3.95. The van der Waals surface area contributed by atoms with Crippen molar-refractivity contribution in [3.05, 3.63) is 0 Å². The molecule has 0 aromatic heterocycles. The van der Waals surface area contributed by atoms with Crippen molar-refractivity contribution in [3.63, 3.8) is 0 Å². The summed E-state index contributed by atoms with van der Waals surface area (Å²) in [6, 6.07) is 0. The van der Waals surface area contributed by atoms with Crippen LogP contribution < -0.4 is 5.25 Å². The number of hydrogen-bond donors (Lipinski definition) is 1. The molecule has 17 heavy (non-hydrogen) atoms. The highest BCUT2D eigenvalue weighted by atomic mass is 31.2. The molecule has 1 N–H and O–H groups in total. The molecule has 6 nitrogen and oxygen atoms in total. The van der Waals surface area contributed by atoms with Crippen molar-refractivity contribution in [2.45, 2.75) is 46.5 Å². The van der Waals surface area contributed by atoms with E-state index in [2.05, 4.69) is 10.1 Å². The molecule has 0 aromatic carbocycles. The van der Waals surface area contributed by atoms with Gasteiger partial charge < -0.3 is 4.84 Å².